The highest BCUT2D eigenvalue weighted by Gasteiger charge is 2.15. The number of thiophene rings is 1. The van der Waals surface area contributed by atoms with Crippen LogP contribution in [0.3, 0.4) is 0 Å². The lowest BCUT2D eigenvalue weighted by Gasteiger charge is -2.24. The zero-order valence-electron chi connectivity index (χ0n) is 14.7. The summed E-state index contributed by atoms with van der Waals surface area (Å²) in [6.45, 7) is 3.01. The van der Waals surface area contributed by atoms with E-state index in [0.717, 1.165) is 18.7 Å². The van der Waals surface area contributed by atoms with E-state index in [2.05, 4.69) is 78.3 Å². The highest BCUT2D eigenvalue weighted by molar-refractivity contribution is 7.80. The van der Waals surface area contributed by atoms with Crippen LogP contribution in [-0.4, -0.2) is 30.7 Å². The van der Waals surface area contributed by atoms with Crippen LogP contribution < -0.4 is 10.6 Å². The molecule has 0 saturated heterocycles. The number of nitrogens with one attached hydrogen (secondary N) is 2. The molecule has 2 aromatic rings. The Kier molecular flexibility index (Phi) is 7.69. The fourth-order valence-electron chi connectivity index (χ4n) is 2.52. The van der Waals surface area contributed by atoms with E-state index in [1.54, 1.807) is 11.3 Å². The van der Waals surface area contributed by atoms with Crippen molar-refractivity contribution in [3.05, 3.63) is 52.2 Å². The smallest absolute Gasteiger partial charge is 0.170 e. The summed E-state index contributed by atoms with van der Waals surface area (Å²) in [5, 5.41) is 9.39. The molecule has 0 aliphatic carbocycles. The van der Waals surface area contributed by atoms with Gasteiger partial charge in [0.2, 0.25) is 0 Å². The first-order chi connectivity index (χ1) is 11.6. The zero-order chi connectivity index (χ0) is 17.4. The average molecular weight is 362 g/mol. The third-order valence-electron chi connectivity index (χ3n) is 3.98. The first-order valence-corrected chi connectivity index (χ1v) is 9.72. The average Bonchev–Trinajstić information content (AvgIpc) is 3.08. The molecule has 1 heterocycles. The standard InChI is InChI=1S/C19H27N3S2/c1-4-5-7-15-9-11-16(12-10-15)21-19(23)20-14-17(22(2)3)18-8-6-13-24-18/h6,8-13,17H,4-5,7,14H2,1-3H3,(H2,20,21,23)/t17-/m0/s1. The Morgan fingerprint density at radius 1 is 1.21 bits per heavy atom. The molecule has 24 heavy (non-hydrogen) atoms. The Morgan fingerprint density at radius 2 is 1.96 bits per heavy atom. The van der Waals surface area contributed by atoms with Crippen molar-refractivity contribution in [2.75, 3.05) is 26.0 Å². The number of aryl methyl sites for hydroxylation is 1. The van der Waals surface area contributed by atoms with Gasteiger partial charge in [-0.15, -0.1) is 11.3 Å². The lowest BCUT2D eigenvalue weighted by Crippen LogP contribution is -2.36. The summed E-state index contributed by atoms with van der Waals surface area (Å²) in [6.07, 6.45) is 3.61. The predicted octanol–water partition coefficient (Wildman–Crippen LogP) is 4.68. The molecule has 1 aromatic carbocycles. The van der Waals surface area contributed by atoms with E-state index in [9.17, 15) is 0 Å². The van der Waals surface area contributed by atoms with Crippen LogP contribution in [0, 0.1) is 0 Å². The van der Waals surface area contributed by atoms with Crippen molar-refractivity contribution < 1.29 is 0 Å². The number of benzene rings is 1. The molecular weight excluding hydrogens is 334 g/mol. The van der Waals surface area contributed by atoms with Crippen LogP contribution in [0.25, 0.3) is 0 Å². The van der Waals surface area contributed by atoms with E-state index < -0.39 is 0 Å². The molecule has 2 N–H and O–H groups in total. The van der Waals surface area contributed by atoms with Crippen LogP contribution >= 0.6 is 23.6 Å². The zero-order valence-corrected chi connectivity index (χ0v) is 16.3. The molecule has 0 spiro atoms. The monoisotopic (exact) mass is 361 g/mol. The predicted molar refractivity (Wildman–Crippen MR) is 110 cm³/mol. The maximum atomic E-state index is 5.44. The molecule has 0 saturated carbocycles. The molecule has 2 rings (SSSR count). The van der Waals surface area contributed by atoms with Gasteiger partial charge in [-0.3, -0.25) is 0 Å². The summed E-state index contributed by atoms with van der Waals surface area (Å²) in [5.74, 6) is 0. The summed E-state index contributed by atoms with van der Waals surface area (Å²) in [6, 6.07) is 13.1. The van der Waals surface area contributed by atoms with Gasteiger partial charge >= 0.3 is 0 Å². The summed E-state index contributed by atoms with van der Waals surface area (Å²) in [7, 11) is 4.19. The molecule has 0 unspecified atom stereocenters. The molecule has 5 heteroatoms. The molecule has 130 valence electrons. The Bertz CT molecular complexity index is 606. The maximum Gasteiger partial charge on any atom is 0.170 e. The maximum absolute atomic E-state index is 5.44. The fraction of sp³-hybridized carbons (Fsp3) is 0.421. The Hall–Kier alpha value is -1.43. The van der Waals surface area contributed by atoms with Crippen molar-refractivity contribution in [1.82, 2.24) is 10.2 Å². The minimum absolute atomic E-state index is 0.321. The number of hydrogen-bond donors (Lipinski definition) is 2. The number of anilines is 1. The van der Waals surface area contributed by atoms with E-state index in [-0.39, 0.29) is 0 Å². The largest absolute Gasteiger partial charge is 0.360 e. The topological polar surface area (TPSA) is 27.3 Å². The number of rotatable bonds is 8. The van der Waals surface area contributed by atoms with Gasteiger partial charge < -0.3 is 15.5 Å². The van der Waals surface area contributed by atoms with Crippen LogP contribution in [0.1, 0.15) is 36.2 Å². The first-order valence-electron chi connectivity index (χ1n) is 8.43. The summed E-state index contributed by atoms with van der Waals surface area (Å²) in [5.41, 5.74) is 2.41. The van der Waals surface area contributed by atoms with E-state index in [0.29, 0.717) is 11.2 Å². The Balaban J connectivity index is 1.84. The van der Waals surface area contributed by atoms with Crippen LogP contribution in [-0.2, 0) is 6.42 Å². The lowest BCUT2D eigenvalue weighted by molar-refractivity contribution is 0.303. The molecule has 0 aliphatic heterocycles. The normalized spacial score (nSPS) is 12.2. The van der Waals surface area contributed by atoms with Gasteiger partial charge in [-0.25, -0.2) is 0 Å². The van der Waals surface area contributed by atoms with Gasteiger partial charge in [-0.2, -0.15) is 0 Å². The highest BCUT2D eigenvalue weighted by Crippen LogP contribution is 2.22. The molecule has 0 fully saturated rings. The number of thiocarbonyl (C=S) groups is 1. The summed E-state index contributed by atoms with van der Waals surface area (Å²) < 4.78 is 0. The SMILES string of the molecule is CCCCc1ccc(NC(=S)NC[C@@H](c2cccs2)N(C)C)cc1. The molecule has 0 aliphatic rings. The Morgan fingerprint density at radius 3 is 2.54 bits per heavy atom. The second-order valence-electron chi connectivity index (χ2n) is 6.13. The van der Waals surface area contributed by atoms with Crippen molar-refractivity contribution in [2.24, 2.45) is 0 Å². The molecule has 1 aromatic heterocycles. The van der Waals surface area contributed by atoms with Crippen molar-refractivity contribution in [2.45, 2.75) is 32.2 Å². The van der Waals surface area contributed by atoms with Gasteiger partial charge in [-0.05, 0) is 68.3 Å². The van der Waals surface area contributed by atoms with Gasteiger partial charge in [0.05, 0.1) is 6.04 Å². The summed E-state index contributed by atoms with van der Waals surface area (Å²) in [4.78, 5) is 3.56. The van der Waals surface area contributed by atoms with E-state index in [4.69, 9.17) is 12.2 Å². The number of likely N-dealkylation sites (N-methyl/N-ethyl adjacent to an activating group) is 1. The van der Waals surface area contributed by atoms with E-state index in [1.807, 2.05) is 0 Å². The summed E-state index contributed by atoms with van der Waals surface area (Å²) >= 11 is 7.21. The molecule has 0 bridgehead atoms. The van der Waals surface area contributed by atoms with Crippen molar-refractivity contribution in [3.8, 4) is 0 Å². The quantitative estimate of drug-likeness (QED) is 0.668. The molecule has 0 radical (unpaired) electrons. The van der Waals surface area contributed by atoms with Gasteiger partial charge in [0, 0.05) is 17.1 Å². The van der Waals surface area contributed by atoms with Gasteiger partial charge in [0.1, 0.15) is 0 Å². The molecular formula is C19H27N3S2. The van der Waals surface area contributed by atoms with Crippen molar-refractivity contribution in [1.29, 1.82) is 0 Å². The third-order valence-corrected chi connectivity index (χ3v) is 5.20. The number of nitrogens with zero attached hydrogens (tertiary/aromatic N) is 1. The number of hydrogen-bond acceptors (Lipinski definition) is 3. The van der Waals surface area contributed by atoms with Gasteiger partial charge in [-0.1, -0.05) is 31.5 Å². The van der Waals surface area contributed by atoms with Crippen LogP contribution in [0.5, 0.6) is 0 Å². The molecule has 3 nitrogen and oxygen atoms in total. The third kappa shape index (κ3) is 5.89. The number of unbranched alkanes of at least 4 members (excludes halogenated alkanes) is 1. The van der Waals surface area contributed by atoms with Crippen LogP contribution in [0.4, 0.5) is 5.69 Å². The second kappa shape index (κ2) is 9.77. The van der Waals surface area contributed by atoms with E-state index in [1.165, 1.54) is 23.3 Å². The van der Waals surface area contributed by atoms with Crippen molar-refractivity contribution >= 4 is 34.4 Å². The Labute approximate surface area is 155 Å². The highest BCUT2D eigenvalue weighted by atomic mass is 32.1. The second-order valence-corrected chi connectivity index (χ2v) is 7.52. The first kappa shape index (κ1) is 18.9. The molecule has 1 atom stereocenters. The lowest BCUT2D eigenvalue weighted by atomic mass is 10.1. The minimum Gasteiger partial charge on any atom is -0.360 e. The fourth-order valence-corrected chi connectivity index (χ4v) is 3.64. The van der Waals surface area contributed by atoms with Crippen molar-refractivity contribution in [3.63, 3.8) is 0 Å². The van der Waals surface area contributed by atoms with E-state index >= 15 is 0 Å². The van der Waals surface area contributed by atoms with Gasteiger partial charge in [0.15, 0.2) is 5.11 Å². The van der Waals surface area contributed by atoms with Gasteiger partial charge in [0.25, 0.3) is 0 Å². The van der Waals surface area contributed by atoms with Crippen LogP contribution in [0.15, 0.2) is 41.8 Å². The minimum atomic E-state index is 0.321. The van der Waals surface area contributed by atoms with Crippen LogP contribution in [0.2, 0.25) is 0 Å². The molecule has 0 amide bonds.